The maximum Gasteiger partial charge on any atom is -0.00643 e. The number of thiol groups is 1. The highest BCUT2D eigenvalue weighted by atomic mass is 32.1. The molecule has 0 aromatic rings. The van der Waals surface area contributed by atoms with Crippen molar-refractivity contribution in [1.29, 1.82) is 0 Å². The van der Waals surface area contributed by atoms with Gasteiger partial charge in [-0.2, -0.15) is 12.6 Å². The molecule has 0 aliphatic rings. The summed E-state index contributed by atoms with van der Waals surface area (Å²) in [6.07, 6.45) is 8.00. The quantitative estimate of drug-likeness (QED) is 0.546. The molecule has 0 N–H and O–H groups in total. The van der Waals surface area contributed by atoms with Crippen LogP contribution in [0.5, 0.6) is 0 Å². The van der Waals surface area contributed by atoms with Gasteiger partial charge in [0.1, 0.15) is 0 Å². The van der Waals surface area contributed by atoms with E-state index in [9.17, 15) is 0 Å². The zero-order valence-electron chi connectivity index (χ0n) is 10.5. The van der Waals surface area contributed by atoms with Crippen LogP contribution in [0.1, 0.15) is 66.2 Å². The van der Waals surface area contributed by atoms with Crippen molar-refractivity contribution in [3.8, 4) is 0 Å². The van der Waals surface area contributed by atoms with E-state index in [0.717, 1.165) is 11.7 Å². The highest BCUT2D eigenvalue weighted by molar-refractivity contribution is 7.80. The van der Waals surface area contributed by atoms with Crippen molar-refractivity contribution < 1.29 is 0 Å². The minimum Gasteiger partial charge on any atom is -0.179 e. The molecule has 0 rings (SSSR count). The van der Waals surface area contributed by atoms with E-state index < -0.39 is 0 Å². The normalized spacial score (nSPS) is 14.4. The second-order valence-electron chi connectivity index (χ2n) is 4.82. The Kier molecular flexibility index (Phi) is 7.81. The Hall–Kier alpha value is 0.350. The van der Waals surface area contributed by atoms with Gasteiger partial charge in [0.05, 0.1) is 0 Å². The second kappa shape index (κ2) is 7.62. The second-order valence-corrected chi connectivity index (χ2v) is 5.19. The average Bonchev–Trinajstić information content (AvgIpc) is 2.14. The molecule has 1 unspecified atom stereocenters. The molecule has 0 aromatic carbocycles. The third-order valence-electron chi connectivity index (χ3n) is 3.49. The Morgan fingerprint density at radius 1 is 1.00 bits per heavy atom. The van der Waals surface area contributed by atoms with Crippen LogP contribution >= 0.6 is 12.6 Å². The molecule has 0 fully saturated rings. The number of hydrogen-bond donors (Lipinski definition) is 1. The fourth-order valence-electron chi connectivity index (χ4n) is 2.68. The third kappa shape index (κ3) is 4.25. The van der Waals surface area contributed by atoms with Crippen LogP contribution in [0.2, 0.25) is 0 Å². The molecule has 0 aliphatic heterocycles. The molecule has 0 spiro atoms. The minimum absolute atomic E-state index is 0.543. The summed E-state index contributed by atoms with van der Waals surface area (Å²) in [5.74, 6) is 1.88. The zero-order valence-corrected chi connectivity index (χ0v) is 11.4. The van der Waals surface area contributed by atoms with E-state index in [-0.39, 0.29) is 0 Å². The first-order chi connectivity index (χ1) is 6.64. The molecule has 0 nitrogen and oxygen atoms in total. The lowest BCUT2D eigenvalue weighted by atomic mass is 9.70. The van der Waals surface area contributed by atoms with Gasteiger partial charge >= 0.3 is 0 Å². The topological polar surface area (TPSA) is 0 Å². The van der Waals surface area contributed by atoms with Gasteiger partial charge in [0, 0.05) is 0 Å². The number of rotatable bonds is 8. The molecule has 0 aliphatic carbocycles. The summed E-state index contributed by atoms with van der Waals surface area (Å²) in [4.78, 5) is 0. The summed E-state index contributed by atoms with van der Waals surface area (Å²) in [7, 11) is 0. The van der Waals surface area contributed by atoms with Gasteiger partial charge in [-0.25, -0.2) is 0 Å². The Morgan fingerprint density at radius 3 is 1.79 bits per heavy atom. The van der Waals surface area contributed by atoms with Crippen molar-refractivity contribution >= 4 is 12.6 Å². The molecule has 0 amide bonds. The highest BCUT2D eigenvalue weighted by Gasteiger charge is 2.30. The van der Waals surface area contributed by atoms with E-state index in [0.29, 0.717) is 5.41 Å². The molecule has 0 heterocycles. The van der Waals surface area contributed by atoms with Crippen molar-refractivity contribution in [3.63, 3.8) is 0 Å². The Balaban J connectivity index is 4.39. The number of hydrogen-bond acceptors (Lipinski definition) is 1. The monoisotopic (exact) mass is 216 g/mol. The van der Waals surface area contributed by atoms with E-state index in [4.69, 9.17) is 0 Å². The first kappa shape index (κ1) is 14.3. The van der Waals surface area contributed by atoms with Crippen LogP contribution in [-0.2, 0) is 0 Å². The van der Waals surface area contributed by atoms with E-state index >= 15 is 0 Å². The van der Waals surface area contributed by atoms with Crippen LogP contribution in [0.4, 0.5) is 0 Å². The van der Waals surface area contributed by atoms with E-state index in [1.165, 1.54) is 38.5 Å². The van der Waals surface area contributed by atoms with Crippen molar-refractivity contribution in [2.45, 2.75) is 66.2 Å². The third-order valence-corrected chi connectivity index (χ3v) is 3.93. The largest absolute Gasteiger partial charge is 0.179 e. The van der Waals surface area contributed by atoms with Crippen molar-refractivity contribution in [1.82, 2.24) is 0 Å². The Morgan fingerprint density at radius 2 is 1.50 bits per heavy atom. The van der Waals surface area contributed by atoms with Gasteiger partial charge in [-0.1, -0.05) is 47.0 Å². The maximum atomic E-state index is 4.53. The fraction of sp³-hybridized carbons (Fsp3) is 1.00. The standard InChI is InChI=1S/C13H28S/c1-5-8-12(11-14)13(4,9-6-2)10-7-3/h12,14H,5-11H2,1-4H3. The molecule has 0 saturated heterocycles. The lowest BCUT2D eigenvalue weighted by molar-refractivity contribution is 0.157. The van der Waals surface area contributed by atoms with Gasteiger partial charge in [-0.05, 0) is 36.3 Å². The summed E-state index contributed by atoms with van der Waals surface area (Å²) in [5.41, 5.74) is 0.543. The van der Waals surface area contributed by atoms with Gasteiger partial charge in [0.15, 0.2) is 0 Å². The molecule has 0 radical (unpaired) electrons. The zero-order chi connectivity index (χ0) is 11.0. The van der Waals surface area contributed by atoms with Crippen LogP contribution in [0, 0.1) is 11.3 Å². The van der Waals surface area contributed by atoms with Crippen molar-refractivity contribution in [3.05, 3.63) is 0 Å². The summed E-state index contributed by atoms with van der Waals surface area (Å²) in [6.45, 7) is 9.36. The Labute approximate surface area is 96.3 Å². The van der Waals surface area contributed by atoms with Crippen molar-refractivity contribution in [2.75, 3.05) is 5.75 Å². The molecule has 0 aromatic heterocycles. The molecule has 14 heavy (non-hydrogen) atoms. The molecule has 0 bridgehead atoms. The SMILES string of the molecule is CCCC(CS)C(C)(CCC)CCC. The highest BCUT2D eigenvalue weighted by Crippen LogP contribution is 2.40. The lowest BCUT2D eigenvalue weighted by Gasteiger charge is -2.37. The first-order valence-electron chi connectivity index (χ1n) is 6.25. The van der Waals surface area contributed by atoms with Crippen LogP contribution in [0.25, 0.3) is 0 Å². The molecule has 86 valence electrons. The first-order valence-corrected chi connectivity index (χ1v) is 6.88. The summed E-state index contributed by atoms with van der Waals surface area (Å²) in [6, 6.07) is 0. The molecule has 0 saturated carbocycles. The maximum absolute atomic E-state index is 4.53. The van der Waals surface area contributed by atoms with Gasteiger partial charge in [-0.3, -0.25) is 0 Å². The average molecular weight is 216 g/mol. The van der Waals surface area contributed by atoms with Gasteiger partial charge in [0.2, 0.25) is 0 Å². The van der Waals surface area contributed by atoms with Crippen LogP contribution < -0.4 is 0 Å². The summed E-state index contributed by atoms with van der Waals surface area (Å²) < 4.78 is 0. The van der Waals surface area contributed by atoms with Gasteiger partial charge in [0.25, 0.3) is 0 Å². The predicted octanol–water partition coefficient (Wildman–Crippen LogP) is 4.94. The predicted molar refractivity (Wildman–Crippen MR) is 70.2 cm³/mol. The summed E-state index contributed by atoms with van der Waals surface area (Å²) >= 11 is 4.53. The van der Waals surface area contributed by atoms with Crippen LogP contribution in [-0.4, -0.2) is 5.75 Å². The Bertz CT molecular complexity index is 125. The molecule has 1 atom stereocenters. The molecular weight excluding hydrogens is 188 g/mol. The smallest absolute Gasteiger partial charge is 0.00643 e. The molecule has 1 heteroatoms. The van der Waals surface area contributed by atoms with E-state index in [2.05, 4.69) is 40.3 Å². The minimum atomic E-state index is 0.543. The summed E-state index contributed by atoms with van der Waals surface area (Å²) in [5, 5.41) is 0. The molecular formula is C13H28S. The van der Waals surface area contributed by atoms with Crippen LogP contribution in [0.15, 0.2) is 0 Å². The van der Waals surface area contributed by atoms with Crippen LogP contribution in [0.3, 0.4) is 0 Å². The fourth-order valence-corrected chi connectivity index (χ4v) is 3.31. The van der Waals surface area contributed by atoms with Crippen molar-refractivity contribution in [2.24, 2.45) is 11.3 Å². The lowest BCUT2D eigenvalue weighted by Crippen LogP contribution is -2.28. The van der Waals surface area contributed by atoms with Gasteiger partial charge in [-0.15, -0.1) is 0 Å². The van der Waals surface area contributed by atoms with E-state index in [1.54, 1.807) is 0 Å². The van der Waals surface area contributed by atoms with Gasteiger partial charge < -0.3 is 0 Å². The van der Waals surface area contributed by atoms with E-state index in [1.807, 2.05) is 0 Å².